The van der Waals surface area contributed by atoms with E-state index >= 15 is 0 Å². The fourth-order valence-corrected chi connectivity index (χ4v) is 2.64. The molecule has 1 aliphatic rings. The summed E-state index contributed by atoms with van der Waals surface area (Å²) in [4.78, 5) is 11.7. The van der Waals surface area contributed by atoms with Crippen LogP contribution in [0.5, 0.6) is 0 Å². The van der Waals surface area contributed by atoms with Crippen LogP contribution in [0.2, 0.25) is 0 Å². The number of benzene rings is 1. The molecule has 1 aromatic carbocycles. The number of hydrogen-bond donors (Lipinski definition) is 1. The lowest BCUT2D eigenvalue weighted by Gasteiger charge is -2.21. The molecule has 0 spiro atoms. The summed E-state index contributed by atoms with van der Waals surface area (Å²) < 4.78 is 5.05. The van der Waals surface area contributed by atoms with E-state index in [1.165, 1.54) is 37.7 Å². The first-order chi connectivity index (χ1) is 9.31. The predicted molar refractivity (Wildman–Crippen MR) is 74.3 cm³/mol. The Morgan fingerprint density at radius 3 is 2.47 bits per heavy atom. The first-order valence-corrected chi connectivity index (χ1v) is 7.19. The van der Waals surface area contributed by atoms with Crippen LogP contribution in [0.1, 0.15) is 60.4 Å². The van der Waals surface area contributed by atoms with E-state index in [1.54, 1.807) is 0 Å². The minimum absolute atomic E-state index is 0.0495. The van der Waals surface area contributed by atoms with Gasteiger partial charge in [-0.1, -0.05) is 31.4 Å². The maximum Gasteiger partial charge on any atom is 0.338 e. The van der Waals surface area contributed by atoms with Crippen LogP contribution in [0.3, 0.4) is 0 Å². The predicted octanol–water partition coefficient (Wildman–Crippen LogP) is 3.27. The minimum atomic E-state index is -0.302. The van der Waals surface area contributed by atoms with E-state index in [9.17, 15) is 4.79 Å². The first kappa shape index (κ1) is 14.1. The van der Waals surface area contributed by atoms with Crippen molar-refractivity contribution in [1.29, 1.82) is 0 Å². The summed E-state index contributed by atoms with van der Waals surface area (Å²) in [6, 6.07) is 7.81. The van der Waals surface area contributed by atoms with Crippen LogP contribution in [-0.2, 0) is 4.74 Å². The second-order valence-corrected chi connectivity index (χ2v) is 5.17. The van der Waals surface area contributed by atoms with E-state index in [4.69, 9.17) is 9.84 Å². The zero-order chi connectivity index (χ0) is 13.5. The quantitative estimate of drug-likeness (QED) is 0.654. The zero-order valence-corrected chi connectivity index (χ0v) is 11.3. The molecule has 0 aliphatic heterocycles. The van der Waals surface area contributed by atoms with Gasteiger partial charge in [0.15, 0.2) is 0 Å². The number of rotatable bonds is 5. The number of carbonyl (C=O) groups is 1. The molecule has 0 radical (unpaired) electrons. The molecular weight excluding hydrogens is 240 g/mol. The SMILES string of the molecule is O=C(OCCCO)c1ccc(C2CCCCC2)cc1. The van der Waals surface area contributed by atoms with Crippen molar-refractivity contribution in [2.24, 2.45) is 0 Å². The minimum Gasteiger partial charge on any atom is -0.462 e. The molecule has 3 nitrogen and oxygen atoms in total. The summed E-state index contributed by atoms with van der Waals surface area (Å²) in [7, 11) is 0. The van der Waals surface area contributed by atoms with Gasteiger partial charge in [-0.15, -0.1) is 0 Å². The van der Waals surface area contributed by atoms with Gasteiger partial charge in [-0.3, -0.25) is 0 Å². The number of aliphatic hydroxyl groups excluding tert-OH is 1. The monoisotopic (exact) mass is 262 g/mol. The van der Waals surface area contributed by atoms with Crippen molar-refractivity contribution in [3.05, 3.63) is 35.4 Å². The van der Waals surface area contributed by atoms with Crippen LogP contribution in [0.4, 0.5) is 0 Å². The first-order valence-electron chi connectivity index (χ1n) is 7.19. The molecule has 1 saturated carbocycles. The van der Waals surface area contributed by atoms with E-state index in [2.05, 4.69) is 12.1 Å². The van der Waals surface area contributed by atoms with Gasteiger partial charge in [0.25, 0.3) is 0 Å². The molecule has 0 bridgehead atoms. The Bertz CT molecular complexity index is 391. The third-order valence-electron chi connectivity index (χ3n) is 3.76. The van der Waals surface area contributed by atoms with Crippen molar-refractivity contribution in [1.82, 2.24) is 0 Å². The highest BCUT2D eigenvalue weighted by molar-refractivity contribution is 5.89. The molecule has 0 amide bonds. The molecule has 0 heterocycles. The summed E-state index contributed by atoms with van der Waals surface area (Å²) in [6.45, 7) is 0.327. The number of esters is 1. The number of carbonyl (C=O) groups excluding carboxylic acids is 1. The fourth-order valence-electron chi connectivity index (χ4n) is 2.64. The third-order valence-corrected chi connectivity index (χ3v) is 3.76. The van der Waals surface area contributed by atoms with Gasteiger partial charge in [0.2, 0.25) is 0 Å². The standard InChI is InChI=1S/C16H22O3/c17-11-4-12-19-16(18)15-9-7-14(8-10-15)13-5-2-1-3-6-13/h7-10,13,17H,1-6,11-12H2. The van der Waals surface area contributed by atoms with Gasteiger partial charge in [-0.25, -0.2) is 4.79 Å². The Kier molecular flexibility index (Phi) is 5.40. The summed E-state index contributed by atoms with van der Waals surface area (Å²) in [5.74, 6) is 0.358. The van der Waals surface area contributed by atoms with Crippen LogP contribution in [-0.4, -0.2) is 24.3 Å². The van der Waals surface area contributed by atoms with Crippen LogP contribution < -0.4 is 0 Å². The highest BCUT2D eigenvalue weighted by atomic mass is 16.5. The number of ether oxygens (including phenoxy) is 1. The van der Waals surface area contributed by atoms with E-state index < -0.39 is 0 Å². The average Bonchev–Trinajstić information content (AvgIpc) is 2.48. The van der Waals surface area contributed by atoms with E-state index in [0.29, 0.717) is 17.9 Å². The molecular formula is C16H22O3. The maximum atomic E-state index is 11.7. The highest BCUT2D eigenvalue weighted by Gasteiger charge is 2.16. The maximum absolute atomic E-state index is 11.7. The Morgan fingerprint density at radius 1 is 1.16 bits per heavy atom. The van der Waals surface area contributed by atoms with Gasteiger partial charge in [0, 0.05) is 13.0 Å². The lowest BCUT2D eigenvalue weighted by molar-refractivity contribution is 0.0482. The van der Waals surface area contributed by atoms with Crippen molar-refractivity contribution in [2.45, 2.75) is 44.4 Å². The molecule has 19 heavy (non-hydrogen) atoms. The molecule has 1 aromatic rings. The molecule has 3 heteroatoms. The topological polar surface area (TPSA) is 46.5 Å². The largest absolute Gasteiger partial charge is 0.462 e. The highest BCUT2D eigenvalue weighted by Crippen LogP contribution is 2.32. The van der Waals surface area contributed by atoms with Gasteiger partial charge in [0.1, 0.15) is 0 Å². The molecule has 0 unspecified atom stereocenters. The molecule has 0 aromatic heterocycles. The number of aliphatic hydroxyl groups is 1. The molecule has 2 rings (SSSR count). The summed E-state index contributed by atoms with van der Waals surface area (Å²) in [5, 5.41) is 8.64. The lowest BCUT2D eigenvalue weighted by Crippen LogP contribution is -2.08. The van der Waals surface area contributed by atoms with Crippen molar-refractivity contribution >= 4 is 5.97 Å². The van der Waals surface area contributed by atoms with Crippen molar-refractivity contribution in [3.63, 3.8) is 0 Å². The molecule has 1 fully saturated rings. The fraction of sp³-hybridized carbons (Fsp3) is 0.562. The van der Waals surface area contributed by atoms with Crippen LogP contribution in [0.15, 0.2) is 24.3 Å². The van der Waals surface area contributed by atoms with E-state index in [1.807, 2.05) is 12.1 Å². The molecule has 0 saturated heterocycles. The summed E-state index contributed by atoms with van der Waals surface area (Å²) >= 11 is 0. The summed E-state index contributed by atoms with van der Waals surface area (Å²) in [5.41, 5.74) is 1.93. The van der Waals surface area contributed by atoms with Gasteiger partial charge in [-0.2, -0.15) is 0 Å². The molecule has 0 atom stereocenters. The van der Waals surface area contributed by atoms with Gasteiger partial charge >= 0.3 is 5.97 Å². The average molecular weight is 262 g/mol. The zero-order valence-electron chi connectivity index (χ0n) is 11.3. The van der Waals surface area contributed by atoms with E-state index in [0.717, 1.165) is 0 Å². The van der Waals surface area contributed by atoms with Gasteiger partial charge in [-0.05, 0) is 36.5 Å². The Morgan fingerprint density at radius 2 is 1.84 bits per heavy atom. The van der Waals surface area contributed by atoms with Gasteiger partial charge < -0.3 is 9.84 Å². The molecule has 1 aliphatic carbocycles. The molecule has 1 N–H and O–H groups in total. The second kappa shape index (κ2) is 7.29. The Hall–Kier alpha value is -1.35. The van der Waals surface area contributed by atoms with Crippen LogP contribution >= 0.6 is 0 Å². The lowest BCUT2D eigenvalue weighted by atomic mass is 9.84. The second-order valence-electron chi connectivity index (χ2n) is 5.17. The molecule has 104 valence electrons. The van der Waals surface area contributed by atoms with Crippen LogP contribution in [0.25, 0.3) is 0 Å². The third kappa shape index (κ3) is 4.06. The Balaban J connectivity index is 1.91. The smallest absolute Gasteiger partial charge is 0.338 e. The van der Waals surface area contributed by atoms with Crippen molar-refractivity contribution < 1.29 is 14.6 Å². The Labute approximate surface area is 114 Å². The number of hydrogen-bond acceptors (Lipinski definition) is 3. The van der Waals surface area contributed by atoms with E-state index in [-0.39, 0.29) is 19.2 Å². The normalized spacial score (nSPS) is 16.3. The van der Waals surface area contributed by atoms with Crippen LogP contribution in [0, 0.1) is 0 Å². The van der Waals surface area contributed by atoms with Crippen molar-refractivity contribution in [2.75, 3.05) is 13.2 Å². The van der Waals surface area contributed by atoms with Gasteiger partial charge in [0.05, 0.1) is 12.2 Å². The summed E-state index contributed by atoms with van der Waals surface area (Å²) in [6.07, 6.45) is 7.00. The van der Waals surface area contributed by atoms with Crippen molar-refractivity contribution in [3.8, 4) is 0 Å².